The molecular formula is C29H33FN8O. The first kappa shape index (κ1) is 25.4. The maximum absolute atomic E-state index is 14.9. The molecule has 9 nitrogen and oxygen atoms in total. The zero-order valence-corrected chi connectivity index (χ0v) is 22.4. The molecule has 0 bridgehead atoms. The fourth-order valence-corrected chi connectivity index (χ4v) is 5.86. The Labute approximate surface area is 227 Å². The molecule has 202 valence electrons. The molecule has 6 rings (SSSR count). The minimum absolute atomic E-state index is 0.129. The third-order valence-electron chi connectivity index (χ3n) is 7.93. The molecule has 2 fully saturated rings. The van der Waals surface area contributed by atoms with E-state index < -0.39 is 5.82 Å². The van der Waals surface area contributed by atoms with Crippen LogP contribution in [0.25, 0.3) is 22.2 Å². The van der Waals surface area contributed by atoms with Gasteiger partial charge in [-0.2, -0.15) is 5.10 Å². The molecule has 0 atom stereocenters. The first-order chi connectivity index (χ1) is 18.9. The van der Waals surface area contributed by atoms with Gasteiger partial charge in [-0.25, -0.2) is 19.3 Å². The minimum Gasteiger partial charge on any atom is -0.340 e. The number of nitrogens with zero attached hydrogens (tertiary/aromatic N) is 7. The highest BCUT2D eigenvalue weighted by molar-refractivity contribution is 5.87. The summed E-state index contributed by atoms with van der Waals surface area (Å²) in [7, 11) is 1.99. The second-order valence-corrected chi connectivity index (χ2v) is 10.6. The number of aromatic nitrogens is 5. The van der Waals surface area contributed by atoms with Gasteiger partial charge in [0.15, 0.2) is 5.82 Å². The predicted molar refractivity (Wildman–Crippen MR) is 148 cm³/mol. The molecule has 4 heterocycles. The highest BCUT2D eigenvalue weighted by Gasteiger charge is 2.24. The lowest BCUT2D eigenvalue weighted by Gasteiger charge is -2.34. The molecule has 1 saturated carbocycles. The summed E-state index contributed by atoms with van der Waals surface area (Å²) in [4.78, 5) is 28.9. The number of carbonyl (C=O) groups excluding carboxylic acids is 1. The van der Waals surface area contributed by atoms with E-state index in [1.807, 2.05) is 53.2 Å². The Balaban J connectivity index is 1.18. The Morgan fingerprint density at radius 1 is 1.05 bits per heavy atom. The van der Waals surface area contributed by atoms with Crippen molar-refractivity contribution in [3.05, 3.63) is 59.8 Å². The number of nitrogens with one attached hydrogen (secondary N) is 1. The van der Waals surface area contributed by atoms with Crippen molar-refractivity contribution in [1.29, 1.82) is 0 Å². The first-order valence-corrected chi connectivity index (χ1v) is 13.6. The van der Waals surface area contributed by atoms with Gasteiger partial charge in [-0.3, -0.25) is 14.4 Å². The summed E-state index contributed by atoms with van der Waals surface area (Å²) in [5.74, 6) is 1.02. The van der Waals surface area contributed by atoms with Gasteiger partial charge in [-0.1, -0.05) is 25.0 Å². The van der Waals surface area contributed by atoms with Crippen LogP contribution in [0.4, 0.5) is 16.2 Å². The van der Waals surface area contributed by atoms with E-state index in [1.54, 1.807) is 6.92 Å². The number of pyridine rings is 1. The van der Waals surface area contributed by atoms with Gasteiger partial charge in [0.25, 0.3) is 0 Å². The molecule has 4 aromatic rings. The molecule has 0 radical (unpaired) electrons. The quantitative estimate of drug-likeness (QED) is 0.390. The average molecular weight is 529 g/mol. The van der Waals surface area contributed by atoms with Crippen LogP contribution in [-0.4, -0.2) is 66.6 Å². The average Bonchev–Trinajstić information content (AvgIpc) is 3.57. The van der Waals surface area contributed by atoms with Gasteiger partial charge in [-0.15, -0.1) is 0 Å². The number of rotatable bonds is 6. The molecule has 1 aliphatic heterocycles. The smallest absolute Gasteiger partial charge is 0.229 e. The molecule has 1 aromatic carbocycles. The normalized spacial score (nSPS) is 16.7. The Morgan fingerprint density at radius 3 is 2.56 bits per heavy atom. The topological polar surface area (TPSA) is 92.1 Å². The molecular weight excluding hydrogens is 495 g/mol. The van der Waals surface area contributed by atoms with Crippen molar-refractivity contribution >= 4 is 28.6 Å². The van der Waals surface area contributed by atoms with Crippen LogP contribution in [0.5, 0.6) is 0 Å². The van der Waals surface area contributed by atoms with E-state index in [-0.39, 0.29) is 17.5 Å². The van der Waals surface area contributed by atoms with Gasteiger partial charge >= 0.3 is 0 Å². The molecule has 2 aliphatic rings. The van der Waals surface area contributed by atoms with Gasteiger partial charge in [0, 0.05) is 75.5 Å². The van der Waals surface area contributed by atoms with E-state index >= 15 is 0 Å². The Bertz CT molecular complexity index is 1490. The van der Waals surface area contributed by atoms with Crippen LogP contribution < -0.4 is 5.32 Å². The summed E-state index contributed by atoms with van der Waals surface area (Å²) >= 11 is 0. The number of piperazine rings is 1. The van der Waals surface area contributed by atoms with Crippen LogP contribution in [0.3, 0.4) is 0 Å². The van der Waals surface area contributed by atoms with Gasteiger partial charge in [0.05, 0.1) is 11.7 Å². The van der Waals surface area contributed by atoms with E-state index in [9.17, 15) is 9.18 Å². The molecule has 10 heteroatoms. The molecule has 1 N–H and O–H groups in total. The summed E-state index contributed by atoms with van der Waals surface area (Å²) in [6, 6.07) is 9.71. The summed E-state index contributed by atoms with van der Waals surface area (Å²) in [6.07, 6.45) is 7.82. The number of aryl methyl sites for hydroxylation is 1. The van der Waals surface area contributed by atoms with E-state index in [1.165, 1.54) is 24.7 Å². The third-order valence-corrected chi connectivity index (χ3v) is 7.93. The summed E-state index contributed by atoms with van der Waals surface area (Å²) in [6.45, 7) is 5.59. The fourth-order valence-electron chi connectivity index (χ4n) is 5.86. The summed E-state index contributed by atoms with van der Waals surface area (Å²) < 4.78 is 16.9. The molecule has 3 aromatic heterocycles. The minimum atomic E-state index is -0.473. The van der Waals surface area contributed by atoms with Crippen LogP contribution in [0.15, 0.2) is 42.7 Å². The van der Waals surface area contributed by atoms with Gasteiger partial charge < -0.3 is 10.2 Å². The molecule has 39 heavy (non-hydrogen) atoms. The number of halogens is 1. The molecule has 1 saturated heterocycles. The maximum Gasteiger partial charge on any atom is 0.229 e. The van der Waals surface area contributed by atoms with Crippen LogP contribution >= 0.6 is 0 Å². The first-order valence-electron chi connectivity index (χ1n) is 13.6. The van der Waals surface area contributed by atoms with E-state index in [0.717, 1.165) is 62.0 Å². The standard InChI is InChI=1S/C29H33FN8O/c1-19(39)38-13-11-37(12-14-38)18-20-7-10-26(31-16-20)33-29-32-17-24(30)27(34-29)22-8-9-25-23(15-22)28(36(2)35-25)21-5-3-4-6-21/h7-10,15-17,21H,3-6,11-14,18H2,1-2H3,(H,31,32,33,34). The highest BCUT2D eigenvalue weighted by Crippen LogP contribution is 2.38. The lowest BCUT2D eigenvalue weighted by atomic mass is 9.98. The second kappa shape index (κ2) is 10.7. The number of carbonyl (C=O) groups is 1. The van der Waals surface area contributed by atoms with Crippen molar-refractivity contribution in [3.63, 3.8) is 0 Å². The number of fused-ring (bicyclic) bond motifs is 1. The molecule has 0 unspecified atom stereocenters. The lowest BCUT2D eigenvalue weighted by Crippen LogP contribution is -2.47. The van der Waals surface area contributed by atoms with E-state index in [2.05, 4.69) is 25.2 Å². The van der Waals surface area contributed by atoms with Crippen LogP contribution in [0.2, 0.25) is 0 Å². The van der Waals surface area contributed by atoms with E-state index in [0.29, 0.717) is 17.3 Å². The third kappa shape index (κ3) is 5.34. The van der Waals surface area contributed by atoms with Crippen molar-refractivity contribution in [3.8, 4) is 11.3 Å². The van der Waals surface area contributed by atoms with Gasteiger partial charge in [-0.05, 0) is 36.6 Å². The molecule has 1 amide bonds. The monoisotopic (exact) mass is 528 g/mol. The maximum atomic E-state index is 14.9. The van der Waals surface area contributed by atoms with Crippen molar-refractivity contribution < 1.29 is 9.18 Å². The number of anilines is 2. The largest absolute Gasteiger partial charge is 0.340 e. The number of benzene rings is 1. The molecule has 1 aliphatic carbocycles. The van der Waals surface area contributed by atoms with Crippen molar-refractivity contribution in [2.75, 3.05) is 31.5 Å². The second-order valence-electron chi connectivity index (χ2n) is 10.6. The van der Waals surface area contributed by atoms with Crippen LogP contribution in [-0.2, 0) is 18.4 Å². The Kier molecular flexibility index (Phi) is 6.95. The summed E-state index contributed by atoms with van der Waals surface area (Å²) in [5, 5.41) is 8.87. The highest BCUT2D eigenvalue weighted by atomic mass is 19.1. The van der Waals surface area contributed by atoms with Gasteiger partial charge in [0.1, 0.15) is 11.5 Å². The zero-order valence-electron chi connectivity index (χ0n) is 22.4. The summed E-state index contributed by atoms with van der Waals surface area (Å²) in [5.41, 5.74) is 4.17. The fraction of sp³-hybridized carbons (Fsp3) is 0.414. The lowest BCUT2D eigenvalue weighted by molar-refractivity contribution is -0.130. The van der Waals surface area contributed by atoms with Crippen LogP contribution in [0, 0.1) is 5.82 Å². The number of amides is 1. The van der Waals surface area contributed by atoms with Crippen molar-refractivity contribution in [2.45, 2.75) is 45.1 Å². The van der Waals surface area contributed by atoms with Crippen molar-refractivity contribution in [2.24, 2.45) is 7.05 Å². The number of hydrogen-bond acceptors (Lipinski definition) is 7. The number of hydrogen-bond donors (Lipinski definition) is 1. The van der Waals surface area contributed by atoms with Crippen molar-refractivity contribution in [1.82, 2.24) is 34.5 Å². The Hall–Kier alpha value is -3.92. The van der Waals surface area contributed by atoms with E-state index in [4.69, 9.17) is 5.10 Å². The SMILES string of the molecule is CC(=O)N1CCN(Cc2ccc(Nc3ncc(F)c(-c4ccc5nn(C)c(C6CCCC6)c5c4)n3)nc2)CC1. The van der Waals surface area contributed by atoms with Crippen LogP contribution in [0.1, 0.15) is 49.8 Å². The zero-order chi connectivity index (χ0) is 26.9. The Morgan fingerprint density at radius 2 is 1.85 bits per heavy atom. The molecule has 0 spiro atoms. The van der Waals surface area contributed by atoms with Gasteiger partial charge in [0.2, 0.25) is 11.9 Å². The predicted octanol–water partition coefficient (Wildman–Crippen LogP) is 4.63.